The number of carboxylic acids is 1. The Morgan fingerprint density at radius 3 is 2.30 bits per heavy atom. The first-order chi connectivity index (χ1) is 9.51. The molecule has 4 heteroatoms. The zero-order chi connectivity index (χ0) is 15.1. The molecule has 1 aromatic carbocycles. The van der Waals surface area contributed by atoms with Crippen LogP contribution in [0.4, 0.5) is 0 Å². The van der Waals surface area contributed by atoms with Crippen molar-refractivity contribution in [2.75, 3.05) is 13.2 Å². The van der Waals surface area contributed by atoms with Crippen LogP contribution in [0.5, 0.6) is 0 Å². The number of aliphatic hydroxyl groups excluding tert-OH is 1. The van der Waals surface area contributed by atoms with Gasteiger partial charge in [-0.3, -0.25) is 9.69 Å². The Kier molecular flexibility index (Phi) is 6.68. The maximum Gasteiger partial charge on any atom is 0.307 e. The molecular weight excluding hydrogens is 254 g/mol. The molecule has 2 N–H and O–H groups in total. The van der Waals surface area contributed by atoms with Crippen molar-refractivity contribution in [3.05, 3.63) is 35.9 Å². The summed E-state index contributed by atoms with van der Waals surface area (Å²) in [5, 5.41) is 18.7. The minimum atomic E-state index is -0.803. The number of aliphatic carboxylic acids is 1. The summed E-state index contributed by atoms with van der Waals surface area (Å²) >= 11 is 0. The Balaban J connectivity index is 2.94. The van der Waals surface area contributed by atoms with Crippen LogP contribution in [0.3, 0.4) is 0 Å². The third-order valence-corrected chi connectivity index (χ3v) is 3.84. The van der Waals surface area contributed by atoms with Gasteiger partial charge in [-0.1, -0.05) is 44.2 Å². The van der Waals surface area contributed by atoms with Gasteiger partial charge in [-0.25, -0.2) is 0 Å². The number of carbonyl (C=O) groups is 1. The molecule has 0 amide bonds. The van der Waals surface area contributed by atoms with Gasteiger partial charge in [-0.2, -0.15) is 0 Å². The fraction of sp³-hybridized carbons (Fsp3) is 0.562. The van der Waals surface area contributed by atoms with Crippen LogP contribution >= 0.6 is 0 Å². The van der Waals surface area contributed by atoms with E-state index in [2.05, 4.69) is 11.8 Å². The Bertz CT molecular complexity index is 403. The van der Waals surface area contributed by atoms with Gasteiger partial charge in [0, 0.05) is 18.6 Å². The number of benzene rings is 1. The second-order valence-corrected chi connectivity index (χ2v) is 5.27. The monoisotopic (exact) mass is 279 g/mol. The molecule has 0 heterocycles. The highest BCUT2D eigenvalue weighted by Gasteiger charge is 2.26. The van der Waals surface area contributed by atoms with Crippen LogP contribution in [0, 0.1) is 5.92 Å². The summed E-state index contributed by atoms with van der Waals surface area (Å²) in [5.74, 6) is -1.26. The van der Waals surface area contributed by atoms with Crippen LogP contribution in [0.25, 0.3) is 0 Å². The highest BCUT2D eigenvalue weighted by molar-refractivity contribution is 5.69. The number of nitrogens with zero attached hydrogens (tertiary/aromatic N) is 1. The average molecular weight is 279 g/mol. The second kappa shape index (κ2) is 8.02. The Hall–Kier alpha value is -1.39. The molecule has 3 unspecified atom stereocenters. The van der Waals surface area contributed by atoms with Gasteiger partial charge >= 0.3 is 5.97 Å². The van der Waals surface area contributed by atoms with E-state index < -0.39 is 11.9 Å². The molecule has 0 saturated carbocycles. The molecular formula is C16H25NO3. The van der Waals surface area contributed by atoms with Crippen LogP contribution in [-0.2, 0) is 4.79 Å². The molecule has 3 atom stereocenters. The zero-order valence-electron chi connectivity index (χ0n) is 12.5. The van der Waals surface area contributed by atoms with E-state index in [-0.39, 0.29) is 18.7 Å². The smallest absolute Gasteiger partial charge is 0.307 e. The van der Waals surface area contributed by atoms with Crippen molar-refractivity contribution in [3.63, 3.8) is 0 Å². The first-order valence-corrected chi connectivity index (χ1v) is 7.15. The molecule has 4 nitrogen and oxygen atoms in total. The molecule has 0 saturated heterocycles. The first kappa shape index (κ1) is 16.7. The van der Waals surface area contributed by atoms with Crippen molar-refractivity contribution < 1.29 is 15.0 Å². The van der Waals surface area contributed by atoms with E-state index >= 15 is 0 Å². The maximum atomic E-state index is 11.1. The molecule has 0 aliphatic rings. The molecule has 112 valence electrons. The molecule has 0 bridgehead atoms. The first-order valence-electron chi connectivity index (χ1n) is 7.15. The van der Waals surface area contributed by atoms with Gasteiger partial charge in [0.1, 0.15) is 0 Å². The van der Waals surface area contributed by atoms with Crippen molar-refractivity contribution in [2.45, 2.75) is 39.3 Å². The van der Waals surface area contributed by atoms with Gasteiger partial charge in [0.15, 0.2) is 0 Å². The van der Waals surface area contributed by atoms with Crippen molar-refractivity contribution in [3.8, 4) is 0 Å². The fourth-order valence-corrected chi connectivity index (χ4v) is 2.41. The van der Waals surface area contributed by atoms with E-state index in [0.29, 0.717) is 6.54 Å². The zero-order valence-corrected chi connectivity index (χ0v) is 12.5. The lowest BCUT2D eigenvalue weighted by atomic mass is 10.0. The van der Waals surface area contributed by atoms with Gasteiger partial charge in [-0.15, -0.1) is 0 Å². The van der Waals surface area contributed by atoms with Crippen molar-refractivity contribution in [2.24, 2.45) is 5.92 Å². The normalized spacial score (nSPS) is 15.8. The molecule has 0 aliphatic heterocycles. The summed E-state index contributed by atoms with van der Waals surface area (Å²) in [6, 6.07) is 10.0. The number of hydrogen-bond donors (Lipinski definition) is 2. The Labute approximate surface area is 121 Å². The molecule has 0 fully saturated rings. The summed E-state index contributed by atoms with van der Waals surface area (Å²) in [5.41, 5.74) is 1.14. The maximum absolute atomic E-state index is 11.1. The molecule has 1 rings (SSSR count). The van der Waals surface area contributed by atoms with Crippen molar-refractivity contribution in [1.82, 2.24) is 4.90 Å². The van der Waals surface area contributed by atoms with Gasteiger partial charge in [0.25, 0.3) is 0 Å². The number of aliphatic hydroxyl groups is 1. The summed E-state index contributed by atoms with van der Waals surface area (Å²) in [4.78, 5) is 13.2. The minimum absolute atomic E-state index is 0.0213. The predicted octanol–water partition coefficient (Wildman–Crippen LogP) is 2.54. The lowest BCUT2D eigenvalue weighted by molar-refractivity contribution is -0.142. The summed E-state index contributed by atoms with van der Waals surface area (Å²) in [6.45, 7) is 6.25. The largest absolute Gasteiger partial charge is 0.481 e. The number of hydrogen-bond acceptors (Lipinski definition) is 3. The minimum Gasteiger partial charge on any atom is -0.481 e. The average Bonchev–Trinajstić information content (AvgIpc) is 2.47. The molecule has 20 heavy (non-hydrogen) atoms. The number of rotatable bonds is 8. The van der Waals surface area contributed by atoms with Gasteiger partial charge in [0.05, 0.1) is 12.5 Å². The van der Waals surface area contributed by atoms with Crippen molar-refractivity contribution in [1.29, 1.82) is 0 Å². The van der Waals surface area contributed by atoms with Crippen LogP contribution in [0.2, 0.25) is 0 Å². The molecule has 0 aromatic heterocycles. The van der Waals surface area contributed by atoms with E-state index in [4.69, 9.17) is 5.11 Å². The van der Waals surface area contributed by atoms with Gasteiger partial charge in [-0.05, 0) is 18.9 Å². The number of carboxylic acid groups (broad SMARTS) is 1. The lowest BCUT2D eigenvalue weighted by Gasteiger charge is -2.36. The van der Waals surface area contributed by atoms with E-state index in [9.17, 15) is 9.90 Å². The van der Waals surface area contributed by atoms with E-state index in [1.807, 2.05) is 37.3 Å². The van der Waals surface area contributed by atoms with Gasteiger partial charge < -0.3 is 10.2 Å². The SMILES string of the molecule is CCC(CO)N(CC(C)C(=O)O)C(C)c1ccccc1. The third-order valence-electron chi connectivity index (χ3n) is 3.84. The summed E-state index contributed by atoms with van der Waals surface area (Å²) in [6.07, 6.45) is 0.792. The molecule has 1 aromatic rings. The quantitative estimate of drug-likeness (QED) is 0.767. The van der Waals surface area contributed by atoms with Crippen LogP contribution in [-0.4, -0.2) is 40.3 Å². The third kappa shape index (κ3) is 4.32. The Morgan fingerprint density at radius 2 is 1.85 bits per heavy atom. The molecule has 0 aliphatic carbocycles. The fourth-order valence-electron chi connectivity index (χ4n) is 2.41. The van der Waals surface area contributed by atoms with Gasteiger partial charge in [0.2, 0.25) is 0 Å². The predicted molar refractivity (Wildman–Crippen MR) is 79.5 cm³/mol. The highest BCUT2D eigenvalue weighted by Crippen LogP contribution is 2.24. The van der Waals surface area contributed by atoms with Crippen LogP contribution in [0.1, 0.15) is 38.8 Å². The second-order valence-electron chi connectivity index (χ2n) is 5.27. The molecule has 0 spiro atoms. The highest BCUT2D eigenvalue weighted by atomic mass is 16.4. The van der Waals surface area contributed by atoms with E-state index in [1.54, 1.807) is 6.92 Å². The summed E-state index contributed by atoms with van der Waals surface area (Å²) < 4.78 is 0. The van der Waals surface area contributed by atoms with Crippen molar-refractivity contribution >= 4 is 5.97 Å². The summed E-state index contributed by atoms with van der Waals surface area (Å²) in [7, 11) is 0. The topological polar surface area (TPSA) is 60.8 Å². The Morgan fingerprint density at radius 1 is 1.25 bits per heavy atom. The van der Waals surface area contributed by atoms with Crippen LogP contribution in [0.15, 0.2) is 30.3 Å². The lowest BCUT2D eigenvalue weighted by Crippen LogP contribution is -2.43. The van der Waals surface area contributed by atoms with Crippen LogP contribution < -0.4 is 0 Å². The molecule has 0 radical (unpaired) electrons. The van der Waals surface area contributed by atoms with E-state index in [0.717, 1.165) is 12.0 Å². The standard InChI is InChI=1S/C16H25NO3/c1-4-15(11-18)17(10-12(2)16(19)20)13(3)14-8-6-5-7-9-14/h5-9,12-13,15,18H,4,10-11H2,1-3H3,(H,19,20). The van der Waals surface area contributed by atoms with E-state index in [1.165, 1.54) is 0 Å².